The van der Waals surface area contributed by atoms with Gasteiger partial charge in [0.1, 0.15) is 17.6 Å². The van der Waals surface area contributed by atoms with Gasteiger partial charge in [-0.05, 0) is 37.6 Å². The molecule has 180 valence electrons. The number of carboxylic acids is 1. The maximum atomic E-state index is 12.4. The summed E-state index contributed by atoms with van der Waals surface area (Å²) in [6, 6.07) is 4.72. The molecule has 2 atom stereocenters. The Balaban J connectivity index is 1.62. The molecule has 2 aromatic rings. The minimum atomic E-state index is -1.22. The van der Waals surface area contributed by atoms with E-state index in [1.165, 1.54) is 24.0 Å². The predicted molar refractivity (Wildman–Crippen MR) is 124 cm³/mol. The van der Waals surface area contributed by atoms with Crippen molar-refractivity contribution in [3.8, 4) is 0 Å². The van der Waals surface area contributed by atoms with Crippen LogP contribution in [0, 0.1) is 0 Å². The Morgan fingerprint density at radius 2 is 2.03 bits per heavy atom. The summed E-state index contributed by atoms with van der Waals surface area (Å²) in [6.45, 7) is 1.98. The van der Waals surface area contributed by atoms with E-state index < -0.39 is 29.5 Å². The number of nitrogens with one attached hydrogen (secondary N) is 4. The zero-order valence-corrected chi connectivity index (χ0v) is 18.3. The molecule has 0 aliphatic carbocycles. The fraction of sp³-hybridized carbons (Fsp3) is 0.333. The van der Waals surface area contributed by atoms with E-state index in [0.29, 0.717) is 24.5 Å². The summed E-state index contributed by atoms with van der Waals surface area (Å²) in [4.78, 5) is 66.3. The lowest BCUT2D eigenvalue weighted by atomic mass is 10.1. The molecule has 3 rings (SSSR count). The van der Waals surface area contributed by atoms with Crippen LogP contribution in [0.2, 0.25) is 0 Å². The van der Waals surface area contributed by atoms with Gasteiger partial charge in [-0.15, -0.1) is 0 Å². The molecule has 0 saturated heterocycles. The number of nitrogen functional groups attached to an aromatic ring is 1. The van der Waals surface area contributed by atoms with Crippen molar-refractivity contribution < 1.29 is 24.3 Å². The zero-order valence-electron chi connectivity index (χ0n) is 18.3. The number of carbonyl (C=O) groups excluding carboxylic acids is 3. The van der Waals surface area contributed by atoms with Crippen molar-refractivity contribution in [2.45, 2.75) is 31.8 Å². The average molecular weight is 471 g/mol. The van der Waals surface area contributed by atoms with E-state index in [0.717, 1.165) is 0 Å². The van der Waals surface area contributed by atoms with Crippen molar-refractivity contribution >= 4 is 47.2 Å². The standard InChI is InChI=1S/C21H25N7O6/c1-11(30)2-7-15(20(33)34)25-18(31)12-3-5-13(6-4-12)23-8-14-9-24-17-16(28(14)10-29)19(32)27-21(22)26-17/h3-6,10,14-15,23H,2,7-9H2,1H3,(H,25,31)(H,33,34)(H4,22,24,26,27,32). The quantitative estimate of drug-likeness (QED) is 0.252. The van der Waals surface area contributed by atoms with Crippen LogP contribution in [0.5, 0.6) is 0 Å². The van der Waals surface area contributed by atoms with Gasteiger partial charge in [0.2, 0.25) is 12.4 Å². The van der Waals surface area contributed by atoms with E-state index in [9.17, 15) is 29.1 Å². The van der Waals surface area contributed by atoms with Gasteiger partial charge in [-0.25, -0.2) is 4.79 Å². The molecule has 2 heterocycles. The molecule has 2 unspecified atom stereocenters. The number of fused-ring (bicyclic) bond motifs is 1. The summed E-state index contributed by atoms with van der Waals surface area (Å²) in [5.41, 5.74) is 5.88. The van der Waals surface area contributed by atoms with Crippen LogP contribution in [-0.2, 0) is 14.4 Å². The van der Waals surface area contributed by atoms with Gasteiger partial charge in [0.05, 0.1) is 6.04 Å². The molecule has 13 heteroatoms. The van der Waals surface area contributed by atoms with Gasteiger partial charge in [-0.2, -0.15) is 4.98 Å². The van der Waals surface area contributed by atoms with Crippen LogP contribution in [0.1, 0.15) is 30.1 Å². The van der Waals surface area contributed by atoms with Crippen molar-refractivity contribution in [1.82, 2.24) is 15.3 Å². The summed E-state index contributed by atoms with van der Waals surface area (Å²) in [6.07, 6.45) is 0.609. The van der Waals surface area contributed by atoms with Crippen LogP contribution in [0.4, 0.5) is 23.1 Å². The fourth-order valence-corrected chi connectivity index (χ4v) is 3.48. The van der Waals surface area contributed by atoms with Gasteiger partial charge in [0.15, 0.2) is 5.69 Å². The van der Waals surface area contributed by atoms with Crippen molar-refractivity contribution in [2.75, 3.05) is 34.4 Å². The van der Waals surface area contributed by atoms with Crippen molar-refractivity contribution in [1.29, 1.82) is 0 Å². The van der Waals surface area contributed by atoms with E-state index in [-0.39, 0.29) is 42.4 Å². The second-order valence-electron chi connectivity index (χ2n) is 7.76. The first-order valence-corrected chi connectivity index (χ1v) is 10.4. The lowest BCUT2D eigenvalue weighted by Crippen LogP contribution is -2.50. The minimum Gasteiger partial charge on any atom is -0.480 e. The summed E-state index contributed by atoms with van der Waals surface area (Å²) in [7, 11) is 0. The number of amides is 2. The number of H-pyrrole nitrogens is 1. The molecule has 0 radical (unpaired) electrons. The number of aliphatic carboxylic acids is 1. The van der Waals surface area contributed by atoms with E-state index in [1.807, 2.05) is 0 Å². The van der Waals surface area contributed by atoms with E-state index in [2.05, 4.69) is 25.9 Å². The first-order valence-electron chi connectivity index (χ1n) is 10.4. The molecule has 0 saturated carbocycles. The highest BCUT2D eigenvalue weighted by molar-refractivity contribution is 5.97. The summed E-state index contributed by atoms with van der Waals surface area (Å²) in [5.74, 6) is -1.69. The van der Waals surface area contributed by atoms with Crippen LogP contribution in [0.25, 0.3) is 0 Å². The summed E-state index contributed by atoms with van der Waals surface area (Å²) >= 11 is 0. The number of benzene rings is 1. The maximum Gasteiger partial charge on any atom is 0.326 e. The SMILES string of the molecule is CC(=O)CCC(NC(=O)c1ccc(NCC2CNc3[nH]c(N)nc(=O)c3N2C=O)cc1)C(=O)O. The Labute approximate surface area is 193 Å². The number of anilines is 4. The van der Waals surface area contributed by atoms with Gasteiger partial charge in [-0.3, -0.25) is 14.4 Å². The number of Topliss-reactive ketones (excluding diaryl/α,β-unsaturated/α-hetero) is 1. The van der Waals surface area contributed by atoms with Gasteiger partial charge in [-0.1, -0.05) is 0 Å². The molecule has 34 heavy (non-hydrogen) atoms. The number of hydrogen-bond donors (Lipinski definition) is 6. The molecule has 13 nitrogen and oxygen atoms in total. The number of ketones is 1. The third-order valence-corrected chi connectivity index (χ3v) is 5.27. The number of rotatable bonds is 10. The topological polar surface area (TPSA) is 200 Å². The third kappa shape index (κ3) is 5.68. The predicted octanol–water partition coefficient (Wildman–Crippen LogP) is -0.227. The van der Waals surface area contributed by atoms with Crippen LogP contribution in [0.3, 0.4) is 0 Å². The second kappa shape index (κ2) is 10.5. The number of carbonyl (C=O) groups is 4. The Bertz CT molecular complexity index is 1150. The molecular weight excluding hydrogens is 446 g/mol. The second-order valence-corrected chi connectivity index (χ2v) is 7.76. The molecule has 1 aromatic heterocycles. The number of nitrogens with zero attached hydrogens (tertiary/aromatic N) is 2. The van der Waals surface area contributed by atoms with Crippen LogP contribution < -0.4 is 32.1 Å². The molecule has 1 aromatic carbocycles. The van der Waals surface area contributed by atoms with Crippen LogP contribution in [-0.4, -0.2) is 64.3 Å². The monoisotopic (exact) mass is 471 g/mol. The van der Waals surface area contributed by atoms with Crippen molar-refractivity contribution in [2.24, 2.45) is 0 Å². The molecule has 2 amide bonds. The fourth-order valence-electron chi connectivity index (χ4n) is 3.48. The largest absolute Gasteiger partial charge is 0.480 e. The highest BCUT2D eigenvalue weighted by Gasteiger charge is 2.29. The first kappa shape index (κ1) is 24.2. The minimum absolute atomic E-state index is 0.00672. The Morgan fingerprint density at radius 3 is 2.65 bits per heavy atom. The van der Waals surface area contributed by atoms with Crippen molar-refractivity contribution in [3.05, 3.63) is 40.2 Å². The maximum absolute atomic E-state index is 12.4. The highest BCUT2D eigenvalue weighted by Crippen LogP contribution is 2.25. The lowest BCUT2D eigenvalue weighted by Gasteiger charge is -2.34. The molecule has 0 bridgehead atoms. The Hall–Kier alpha value is -4.42. The average Bonchev–Trinajstić information content (AvgIpc) is 2.79. The zero-order chi connectivity index (χ0) is 24.8. The van der Waals surface area contributed by atoms with Crippen LogP contribution >= 0.6 is 0 Å². The van der Waals surface area contributed by atoms with Gasteiger partial charge >= 0.3 is 11.5 Å². The molecule has 7 N–H and O–H groups in total. The Morgan fingerprint density at radius 1 is 1.32 bits per heavy atom. The number of aromatic nitrogens is 2. The normalized spacial score (nSPS) is 15.4. The first-order chi connectivity index (χ1) is 16.2. The van der Waals surface area contributed by atoms with Crippen molar-refractivity contribution in [3.63, 3.8) is 0 Å². The number of hydrogen-bond acceptors (Lipinski definition) is 9. The molecule has 1 aliphatic heterocycles. The van der Waals surface area contributed by atoms with Gasteiger partial charge in [0, 0.05) is 30.8 Å². The summed E-state index contributed by atoms with van der Waals surface area (Å²) < 4.78 is 0. The third-order valence-electron chi connectivity index (χ3n) is 5.27. The highest BCUT2D eigenvalue weighted by atomic mass is 16.4. The number of carboxylic acid groups (broad SMARTS) is 1. The smallest absolute Gasteiger partial charge is 0.326 e. The lowest BCUT2D eigenvalue weighted by molar-refractivity contribution is -0.139. The number of nitrogens with two attached hydrogens (primary N) is 1. The Kier molecular flexibility index (Phi) is 7.46. The molecule has 1 aliphatic rings. The van der Waals surface area contributed by atoms with Gasteiger partial charge < -0.3 is 41.5 Å². The van der Waals surface area contributed by atoms with E-state index >= 15 is 0 Å². The van der Waals surface area contributed by atoms with Crippen LogP contribution in [0.15, 0.2) is 29.1 Å². The van der Waals surface area contributed by atoms with E-state index in [4.69, 9.17) is 5.73 Å². The summed E-state index contributed by atoms with van der Waals surface area (Å²) in [5, 5.41) is 17.8. The van der Waals surface area contributed by atoms with Gasteiger partial charge in [0.25, 0.3) is 5.91 Å². The molecule has 0 spiro atoms. The molecular formula is C21H25N7O6. The van der Waals surface area contributed by atoms with E-state index in [1.54, 1.807) is 12.1 Å². The number of aromatic amines is 1. The molecule has 0 fully saturated rings.